The zero-order valence-electron chi connectivity index (χ0n) is 11.3. The van der Waals surface area contributed by atoms with Crippen molar-refractivity contribution in [2.24, 2.45) is 7.05 Å². The molecule has 4 nitrogen and oxygen atoms in total. The van der Waals surface area contributed by atoms with Crippen molar-refractivity contribution in [3.8, 4) is 0 Å². The number of carbonyl (C=O) groups is 2. The van der Waals surface area contributed by atoms with Gasteiger partial charge in [0.2, 0.25) is 0 Å². The van der Waals surface area contributed by atoms with Crippen molar-refractivity contribution in [2.75, 3.05) is 0 Å². The minimum absolute atomic E-state index is 0.138. The summed E-state index contributed by atoms with van der Waals surface area (Å²) in [5.74, 6) is -0.400. The number of ketones is 2. The number of hydrogen-bond acceptors (Lipinski definition) is 3. The van der Waals surface area contributed by atoms with E-state index >= 15 is 0 Å². The summed E-state index contributed by atoms with van der Waals surface area (Å²) < 4.78 is 1.55. The Morgan fingerprint density at radius 3 is 2.53 bits per heavy atom. The van der Waals surface area contributed by atoms with Gasteiger partial charge in [0.25, 0.3) is 0 Å². The number of rotatable bonds is 4. The standard InChI is InChI=1S/C15H16N2O2/c1-10-4-5-11(2)12(8-10)14(18)9-15(19)13-6-7-17(3)16-13/h4-8H,9H2,1-3H3. The van der Waals surface area contributed by atoms with Crippen LogP contribution in [0.5, 0.6) is 0 Å². The van der Waals surface area contributed by atoms with E-state index < -0.39 is 0 Å². The Kier molecular flexibility index (Phi) is 3.60. The molecule has 0 spiro atoms. The average Bonchev–Trinajstić information content (AvgIpc) is 2.79. The third-order valence-electron chi connectivity index (χ3n) is 3.01. The topological polar surface area (TPSA) is 52.0 Å². The van der Waals surface area contributed by atoms with E-state index in [9.17, 15) is 9.59 Å². The summed E-state index contributed by atoms with van der Waals surface area (Å²) in [4.78, 5) is 24.1. The van der Waals surface area contributed by atoms with Crippen molar-refractivity contribution in [1.29, 1.82) is 0 Å². The van der Waals surface area contributed by atoms with Crippen molar-refractivity contribution in [2.45, 2.75) is 20.3 Å². The highest BCUT2D eigenvalue weighted by molar-refractivity contribution is 6.13. The largest absolute Gasteiger partial charge is 0.294 e. The molecule has 0 fully saturated rings. The number of benzene rings is 1. The molecule has 0 saturated heterocycles. The lowest BCUT2D eigenvalue weighted by atomic mass is 9.98. The summed E-state index contributed by atoms with van der Waals surface area (Å²) in [5.41, 5.74) is 2.86. The van der Waals surface area contributed by atoms with Gasteiger partial charge in [0.1, 0.15) is 5.69 Å². The van der Waals surface area contributed by atoms with Crippen LogP contribution in [-0.2, 0) is 7.05 Å². The Morgan fingerprint density at radius 1 is 1.16 bits per heavy atom. The van der Waals surface area contributed by atoms with Crippen LogP contribution in [0.4, 0.5) is 0 Å². The van der Waals surface area contributed by atoms with Crippen LogP contribution in [0.1, 0.15) is 38.4 Å². The smallest absolute Gasteiger partial charge is 0.190 e. The highest BCUT2D eigenvalue weighted by Gasteiger charge is 2.17. The summed E-state index contributed by atoms with van der Waals surface area (Å²) >= 11 is 0. The molecule has 0 unspecified atom stereocenters. The Bertz CT molecular complexity index is 641. The molecule has 0 bridgehead atoms. The van der Waals surface area contributed by atoms with Gasteiger partial charge in [-0.15, -0.1) is 0 Å². The zero-order chi connectivity index (χ0) is 14.0. The number of aryl methyl sites for hydroxylation is 3. The molecule has 1 aromatic heterocycles. The molecule has 0 aliphatic carbocycles. The molecule has 2 rings (SSSR count). The van der Waals surface area contributed by atoms with Crippen LogP contribution in [0.2, 0.25) is 0 Å². The van der Waals surface area contributed by atoms with Crippen LogP contribution in [0, 0.1) is 13.8 Å². The lowest BCUT2D eigenvalue weighted by Gasteiger charge is -2.05. The molecule has 0 N–H and O–H groups in total. The van der Waals surface area contributed by atoms with E-state index in [1.165, 1.54) is 0 Å². The first kappa shape index (κ1) is 13.2. The summed E-state index contributed by atoms with van der Waals surface area (Å²) in [6.07, 6.45) is 1.55. The quantitative estimate of drug-likeness (QED) is 0.624. The van der Waals surface area contributed by atoms with Crippen molar-refractivity contribution in [3.05, 3.63) is 52.8 Å². The molecule has 4 heteroatoms. The highest BCUT2D eigenvalue weighted by Crippen LogP contribution is 2.14. The normalized spacial score (nSPS) is 10.5. The first-order valence-corrected chi connectivity index (χ1v) is 6.10. The van der Waals surface area contributed by atoms with Crippen molar-refractivity contribution in [3.63, 3.8) is 0 Å². The molecule has 1 heterocycles. The second-order valence-electron chi connectivity index (χ2n) is 4.72. The third-order valence-corrected chi connectivity index (χ3v) is 3.01. The van der Waals surface area contributed by atoms with Crippen LogP contribution in [-0.4, -0.2) is 21.3 Å². The predicted octanol–water partition coefficient (Wildman–Crippen LogP) is 2.49. The molecular weight excluding hydrogens is 240 g/mol. The van der Waals surface area contributed by atoms with Gasteiger partial charge in [0, 0.05) is 18.8 Å². The molecule has 0 aliphatic heterocycles. The van der Waals surface area contributed by atoms with Crippen molar-refractivity contribution < 1.29 is 9.59 Å². The fourth-order valence-corrected chi connectivity index (χ4v) is 1.93. The van der Waals surface area contributed by atoms with Gasteiger partial charge in [-0.2, -0.15) is 5.10 Å². The fourth-order valence-electron chi connectivity index (χ4n) is 1.93. The van der Waals surface area contributed by atoms with Crippen LogP contribution in [0.3, 0.4) is 0 Å². The molecule has 2 aromatic rings. The van der Waals surface area contributed by atoms with E-state index in [1.54, 1.807) is 24.0 Å². The molecule has 0 radical (unpaired) electrons. The van der Waals surface area contributed by atoms with E-state index in [1.807, 2.05) is 32.0 Å². The summed E-state index contributed by atoms with van der Waals surface area (Å²) in [5, 5.41) is 4.01. The molecule has 19 heavy (non-hydrogen) atoms. The van der Waals surface area contributed by atoms with Gasteiger partial charge in [0.15, 0.2) is 11.6 Å². The lowest BCUT2D eigenvalue weighted by Crippen LogP contribution is -2.11. The molecule has 0 saturated carbocycles. The van der Waals surface area contributed by atoms with Gasteiger partial charge in [-0.3, -0.25) is 14.3 Å². The maximum absolute atomic E-state index is 12.2. The first-order valence-electron chi connectivity index (χ1n) is 6.10. The van der Waals surface area contributed by atoms with E-state index in [2.05, 4.69) is 5.10 Å². The number of Topliss-reactive ketones (excluding diaryl/α,β-unsaturated/α-hetero) is 2. The van der Waals surface area contributed by atoms with Gasteiger partial charge < -0.3 is 0 Å². The molecule has 0 atom stereocenters. The minimum atomic E-state index is -0.244. The molecule has 98 valence electrons. The molecule has 1 aromatic carbocycles. The number of hydrogen-bond donors (Lipinski definition) is 0. The lowest BCUT2D eigenvalue weighted by molar-refractivity contribution is 0.0890. The highest BCUT2D eigenvalue weighted by atomic mass is 16.1. The van der Waals surface area contributed by atoms with Crippen LogP contribution < -0.4 is 0 Å². The maximum atomic E-state index is 12.2. The van der Waals surface area contributed by atoms with E-state index in [0.717, 1.165) is 11.1 Å². The van der Waals surface area contributed by atoms with Crippen molar-refractivity contribution in [1.82, 2.24) is 9.78 Å². The minimum Gasteiger partial charge on any atom is -0.294 e. The van der Waals surface area contributed by atoms with Crippen LogP contribution in [0.25, 0.3) is 0 Å². The monoisotopic (exact) mass is 256 g/mol. The van der Waals surface area contributed by atoms with Crippen LogP contribution >= 0.6 is 0 Å². The van der Waals surface area contributed by atoms with Crippen molar-refractivity contribution >= 4 is 11.6 Å². The SMILES string of the molecule is Cc1ccc(C)c(C(=O)CC(=O)c2ccn(C)n2)c1. The zero-order valence-corrected chi connectivity index (χ0v) is 11.3. The maximum Gasteiger partial charge on any atom is 0.190 e. The second kappa shape index (κ2) is 5.18. The predicted molar refractivity (Wildman–Crippen MR) is 72.4 cm³/mol. The first-order chi connectivity index (χ1) is 8.97. The summed E-state index contributed by atoms with van der Waals surface area (Å²) in [7, 11) is 1.74. The molecule has 0 aliphatic rings. The van der Waals surface area contributed by atoms with Gasteiger partial charge in [-0.25, -0.2) is 0 Å². The summed E-state index contributed by atoms with van der Waals surface area (Å²) in [6.45, 7) is 3.80. The third kappa shape index (κ3) is 2.96. The van der Waals surface area contributed by atoms with E-state index in [0.29, 0.717) is 11.3 Å². The number of aromatic nitrogens is 2. The van der Waals surface area contributed by atoms with Crippen LogP contribution in [0.15, 0.2) is 30.5 Å². The molecular formula is C15H16N2O2. The van der Waals surface area contributed by atoms with E-state index in [4.69, 9.17) is 0 Å². The fraction of sp³-hybridized carbons (Fsp3) is 0.267. The Labute approximate surface area is 112 Å². The van der Waals surface area contributed by atoms with Gasteiger partial charge in [-0.05, 0) is 31.5 Å². The van der Waals surface area contributed by atoms with Gasteiger partial charge in [0.05, 0.1) is 6.42 Å². The van der Waals surface area contributed by atoms with Gasteiger partial charge >= 0.3 is 0 Å². The second-order valence-corrected chi connectivity index (χ2v) is 4.72. The van der Waals surface area contributed by atoms with E-state index in [-0.39, 0.29) is 18.0 Å². The number of carbonyl (C=O) groups excluding carboxylic acids is 2. The summed E-state index contributed by atoms with van der Waals surface area (Å²) in [6, 6.07) is 7.29. The Morgan fingerprint density at radius 2 is 1.89 bits per heavy atom. The molecule has 0 amide bonds. The number of nitrogens with zero attached hydrogens (tertiary/aromatic N) is 2. The average molecular weight is 256 g/mol. The van der Waals surface area contributed by atoms with Gasteiger partial charge in [-0.1, -0.05) is 17.7 Å². The Balaban J connectivity index is 2.17. The Hall–Kier alpha value is -2.23.